The molecule has 0 aliphatic carbocycles. The minimum atomic E-state index is -0.538. The van der Waals surface area contributed by atoms with Crippen LogP contribution in [0.4, 0.5) is 18.9 Å². The van der Waals surface area contributed by atoms with E-state index in [0.29, 0.717) is 11.1 Å². The maximum atomic E-state index is 13.3. The Balaban J connectivity index is 2.11. The number of rotatable bonds is 3. The van der Waals surface area contributed by atoms with E-state index in [4.69, 9.17) is 0 Å². The summed E-state index contributed by atoms with van der Waals surface area (Å²) < 4.78 is 39.5. The zero-order valence-corrected chi connectivity index (χ0v) is 9.81. The molecule has 0 saturated carbocycles. The zero-order chi connectivity index (χ0) is 13.1. The van der Waals surface area contributed by atoms with Crippen LogP contribution in [0.1, 0.15) is 11.1 Å². The SMILES string of the molecule is Cc1ccc(CNc2cc(F)ccc2F)cc1F. The number of aryl methyl sites for hydroxylation is 1. The lowest BCUT2D eigenvalue weighted by Crippen LogP contribution is -2.02. The van der Waals surface area contributed by atoms with Crippen LogP contribution in [-0.4, -0.2) is 0 Å². The second kappa shape index (κ2) is 5.12. The molecule has 0 bridgehead atoms. The number of benzene rings is 2. The van der Waals surface area contributed by atoms with E-state index in [0.717, 1.165) is 18.2 Å². The van der Waals surface area contributed by atoms with Gasteiger partial charge in [0.15, 0.2) is 0 Å². The van der Waals surface area contributed by atoms with E-state index in [9.17, 15) is 13.2 Å². The molecule has 0 aromatic heterocycles. The third-order valence-corrected chi connectivity index (χ3v) is 2.65. The van der Waals surface area contributed by atoms with Gasteiger partial charge in [-0.1, -0.05) is 12.1 Å². The fourth-order valence-electron chi connectivity index (χ4n) is 1.58. The lowest BCUT2D eigenvalue weighted by atomic mass is 10.1. The van der Waals surface area contributed by atoms with Gasteiger partial charge in [0.05, 0.1) is 5.69 Å². The molecule has 0 amide bonds. The molecule has 1 nitrogen and oxygen atoms in total. The molecule has 2 aromatic carbocycles. The van der Waals surface area contributed by atoms with E-state index in [1.165, 1.54) is 6.07 Å². The first-order valence-electron chi connectivity index (χ1n) is 5.50. The normalized spacial score (nSPS) is 10.4. The molecule has 0 radical (unpaired) electrons. The van der Waals surface area contributed by atoms with E-state index in [-0.39, 0.29) is 18.0 Å². The number of hydrogen-bond donors (Lipinski definition) is 1. The lowest BCUT2D eigenvalue weighted by molar-refractivity contribution is 0.602. The molecule has 1 N–H and O–H groups in total. The highest BCUT2D eigenvalue weighted by Gasteiger charge is 2.04. The van der Waals surface area contributed by atoms with Crippen molar-refractivity contribution in [2.75, 3.05) is 5.32 Å². The molecule has 0 saturated heterocycles. The molecule has 0 atom stereocenters. The summed E-state index contributed by atoms with van der Waals surface area (Å²) in [6.07, 6.45) is 0. The molecule has 94 valence electrons. The predicted molar refractivity (Wildman–Crippen MR) is 64.8 cm³/mol. The van der Waals surface area contributed by atoms with Crippen molar-refractivity contribution >= 4 is 5.69 Å². The molecule has 4 heteroatoms. The molecule has 0 aliphatic rings. The van der Waals surface area contributed by atoms with Gasteiger partial charge in [-0.15, -0.1) is 0 Å². The number of nitrogens with one attached hydrogen (secondary N) is 1. The lowest BCUT2D eigenvalue weighted by Gasteiger charge is -2.08. The van der Waals surface area contributed by atoms with Crippen LogP contribution in [0.5, 0.6) is 0 Å². The Hall–Kier alpha value is -1.97. The highest BCUT2D eigenvalue weighted by atomic mass is 19.1. The molecule has 0 unspecified atom stereocenters. The summed E-state index contributed by atoms with van der Waals surface area (Å²) in [5.74, 6) is -1.37. The van der Waals surface area contributed by atoms with Crippen LogP contribution in [0.25, 0.3) is 0 Å². The van der Waals surface area contributed by atoms with Gasteiger partial charge in [-0.3, -0.25) is 0 Å². The Morgan fingerprint density at radius 2 is 1.72 bits per heavy atom. The first-order chi connectivity index (χ1) is 8.56. The van der Waals surface area contributed by atoms with Crippen molar-refractivity contribution in [1.29, 1.82) is 0 Å². The van der Waals surface area contributed by atoms with Gasteiger partial charge in [0.2, 0.25) is 0 Å². The molecule has 0 spiro atoms. The Labute approximate surface area is 103 Å². The Morgan fingerprint density at radius 1 is 0.944 bits per heavy atom. The second-order valence-electron chi connectivity index (χ2n) is 4.06. The highest BCUT2D eigenvalue weighted by molar-refractivity contribution is 5.45. The Morgan fingerprint density at radius 3 is 2.44 bits per heavy atom. The maximum Gasteiger partial charge on any atom is 0.146 e. The number of halogens is 3. The minimum Gasteiger partial charge on any atom is -0.379 e. The summed E-state index contributed by atoms with van der Waals surface area (Å²) in [4.78, 5) is 0. The topological polar surface area (TPSA) is 12.0 Å². The Bertz CT molecular complexity index is 567. The van der Waals surface area contributed by atoms with Crippen LogP contribution >= 0.6 is 0 Å². The summed E-state index contributed by atoms with van der Waals surface area (Å²) in [5.41, 5.74) is 1.29. The van der Waals surface area contributed by atoms with Gasteiger partial charge in [-0.25, -0.2) is 13.2 Å². The van der Waals surface area contributed by atoms with Crippen molar-refractivity contribution in [2.45, 2.75) is 13.5 Å². The van der Waals surface area contributed by atoms with Gasteiger partial charge in [-0.05, 0) is 42.3 Å². The maximum absolute atomic E-state index is 13.3. The minimum absolute atomic E-state index is 0.0657. The average Bonchev–Trinajstić information content (AvgIpc) is 2.34. The van der Waals surface area contributed by atoms with Gasteiger partial charge in [0, 0.05) is 6.54 Å². The standard InChI is InChI=1S/C14H12F3N/c1-9-2-3-10(6-13(9)17)8-18-14-7-11(15)4-5-12(14)16/h2-7,18H,8H2,1H3. The smallest absolute Gasteiger partial charge is 0.146 e. The molecule has 0 fully saturated rings. The Kier molecular flexibility index (Phi) is 3.55. The van der Waals surface area contributed by atoms with E-state index in [1.54, 1.807) is 19.1 Å². The van der Waals surface area contributed by atoms with E-state index in [2.05, 4.69) is 5.32 Å². The summed E-state index contributed by atoms with van der Waals surface area (Å²) in [5, 5.41) is 2.74. The fraction of sp³-hybridized carbons (Fsp3) is 0.143. The van der Waals surface area contributed by atoms with Gasteiger partial charge < -0.3 is 5.32 Å². The molecule has 2 aromatic rings. The molecule has 18 heavy (non-hydrogen) atoms. The fourth-order valence-corrected chi connectivity index (χ4v) is 1.58. The van der Waals surface area contributed by atoms with Crippen LogP contribution in [0.2, 0.25) is 0 Å². The third kappa shape index (κ3) is 2.83. The van der Waals surface area contributed by atoms with Crippen molar-refractivity contribution in [3.05, 3.63) is 65.0 Å². The average molecular weight is 251 g/mol. The molecular weight excluding hydrogens is 239 g/mol. The van der Waals surface area contributed by atoms with Crippen molar-refractivity contribution in [3.63, 3.8) is 0 Å². The predicted octanol–water partition coefficient (Wildman–Crippen LogP) is 4.02. The van der Waals surface area contributed by atoms with Crippen molar-refractivity contribution in [1.82, 2.24) is 0 Å². The van der Waals surface area contributed by atoms with Crippen LogP contribution in [0, 0.1) is 24.4 Å². The van der Waals surface area contributed by atoms with Gasteiger partial charge in [0.1, 0.15) is 17.5 Å². The van der Waals surface area contributed by atoms with Crippen LogP contribution in [0.3, 0.4) is 0 Å². The summed E-state index contributed by atoms with van der Waals surface area (Å²) >= 11 is 0. The molecule has 2 rings (SSSR count). The summed E-state index contributed by atoms with van der Waals surface area (Å²) in [6.45, 7) is 1.90. The first-order valence-corrected chi connectivity index (χ1v) is 5.50. The molecular formula is C14H12F3N. The van der Waals surface area contributed by atoms with Crippen molar-refractivity contribution in [2.24, 2.45) is 0 Å². The van der Waals surface area contributed by atoms with Crippen molar-refractivity contribution < 1.29 is 13.2 Å². The summed E-state index contributed by atoms with van der Waals surface area (Å²) in [7, 11) is 0. The quantitative estimate of drug-likeness (QED) is 0.868. The first kappa shape index (κ1) is 12.5. The van der Waals surface area contributed by atoms with Crippen LogP contribution < -0.4 is 5.32 Å². The van der Waals surface area contributed by atoms with E-state index >= 15 is 0 Å². The van der Waals surface area contributed by atoms with E-state index < -0.39 is 11.6 Å². The van der Waals surface area contributed by atoms with Gasteiger partial charge in [-0.2, -0.15) is 0 Å². The second-order valence-corrected chi connectivity index (χ2v) is 4.06. The monoisotopic (exact) mass is 251 g/mol. The largest absolute Gasteiger partial charge is 0.379 e. The third-order valence-electron chi connectivity index (χ3n) is 2.65. The van der Waals surface area contributed by atoms with Gasteiger partial charge >= 0.3 is 0 Å². The summed E-state index contributed by atoms with van der Waals surface area (Å²) in [6, 6.07) is 7.93. The molecule has 0 heterocycles. The number of hydrogen-bond acceptors (Lipinski definition) is 1. The van der Waals surface area contributed by atoms with Crippen LogP contribution in [-0.2, 0) is 6.54 Å². The van der Waals surface area contributed by atoms with E-state index in [1.807, 2.05) is 0 Å². The zero-order valence-electron chi connectivity index (χ0n) is 9.81. The van der Waals surface area contributed by atoms with Gasteiger partial charge in [0.25, 0.3) is 0 Å². The highest BCUT2D eigenvalue weighted by Crippen LogP contribution is 2.17. The van der Waals surface area contributed by atoms with Crippen molar-refractivity contribution in [3.8, 4) is 0 Å². The van der Waals surface area contributed by atoms with Crippen LogP contribution in [0.15, 0.2) is 36.4 Å². The molecule has 0 aliphatic heterocycles. The number of anilines is 1.